The summed E-state index contributed by atoms with van der Waals surface area (Å²) in [6, 6.07) is 0.622. The van der Waals surface area contributed by atoms with Crippen molar-refractivity contribution in [1.82, 2.24) is 5.32 Å². The van der Waals surface area contributed by atoms with E-state index in [-0.39, 0.29) is 12.0 Å². The van der Waals surface area contributed by atoms with Gasteiger partial charge in [0.05, 0.1) is 6.61 Å². The molecule has 1 saturated heterocycles. The first-order valence-corrected chi connectivity index (χ1v) is 9.55. The van der Waals surface area contributed by atoms with Gasteiger partial charge in [0.2, 0.25) is 0 Å². The van der Waals surface area contributed by atoms with E-state index >= 15 is 0 Å². The molecule has 1 heterocycles. The summed E-state index contributed by atoms with van der Waals surface area (Å²) in [5.74, 6) is 3.07. The van der Waals surface area contributed by atoms with Crippen LogP contribution in [0.2, 0.25) is 0 Å². The van der Waals surface area contributed by atoms with E-state index in [1.54, 1.807) is 0 Å². The van der Waals surface area contributed by atoms with Crippen LogP contribution < -0.4 is 5.32 Å². The maximum Gasteiger partial charge on any atom is 0.0536 e. The summed E-state index contributed by atoms with van der Waals surface area (Å²) < 4.78 is 5.64. The zero-order chi connectivity index (χ0) is 15.2. The molecule has 4 saturated carbocycles. The molecule has 2 N–H and O–H groups in total. The number of hydrogen-bond donors (Lipinski definition) is 2. The maximum absolute atomic E-state index is 9.40. The Labute approximate surface area is 135 Å². The smallest absolute Gasteiger partial charge is 0.0536 e. The van der Waals surface area contributed by atoms with Crippen molar-refractivity contribution in [3.8, 4) is 0 Å². The zero-order valence-electron chi connectivity index (χ0n) is 14.2. The van der Waals surface area contributed by atoms with Crippen molar-refractivity contribution in [3.63, 3.8) is 0 Å². The van der Waals surface area contributed by atoms with E-state index in [1.807, 2.05) is 0 Å². The van der Waals surface area contributed by atoms with Crippen molar-refractivity contribution < 1.29 is 9.84 Å². The van der Waals surface area contributed by atoms with Crippen LogP contribution in [-0.2, 0) is 4.74 Å². The second kappa shape index (κ2) is 5.75. The predicted molar refractivity (Wildman–Crippen MR) is 87.6 cm³/mol. The molecule has 1 aliphatic heterocycles. The molecule has 22 heavy (non-hydrogen) atoms. The van der Waals surface area contributed by atoms with Crippen LogP contribution in [0.25, 0.3) is 0 Å². The lowest BCUT2D eigenvalue weighted by molar-refractivity contribution is -0.0720. The topological polar surface area (TPSA) is 41.5 Å². The molecule has 2 unspecified atom stereocenters. The first-order valence-electron chi connectivity index (χ1n) is 9.55. The van der Waals surface area contributed by atoms with Crippen molar-refractivity contribution in [3.05, 3.63) is 0 Å². The van der Waals surface area contributed by atoms with Gasteiger partial charge < -0.3 is 15.2 Å². The highest BCUT2D eigenvalue weighted by Crippen LogP contribution is 2.61. The van der Waals surface area contributed by atoms with Crippen LogP contribution in [0.3, 0.4) is 0 Å². The van der Waals surface area contributed by atoms with E-state index in [0.717, 1.165) is 50.4 Å². The monoisotopic (exact) mass is 307 g/mol. The van der Waals surface area contributed by atoms with Gasteiger partial charge in [0.1, 0.15) is 0 Å². The molecule has 0 aromatic rings. The highest BCUT2D eigenvalue weighted by molar-refractivity contribution is 5.05. The van der Waals surface area contributed by atoms with Gasteiger partial charge in [-0.2, -0.15) is 0 Å². The Hall–Kier alpha value is -0.120. The second-order valence-corrected chi connectivity index (χ2v) is 9.16. The largest absolute Gasteiger partial charge is 0.396 e. The molecule has 2 atom stereocenters. The van der Waals surface area contributed by atoms with Crippen molar-refractivity contribution in [2.45, 2.75) is 64.3 Å². The van der Waals surface area contributed by atoms with E-state index in [2.05, 4.69) is 12.2 Å². The SMILES string of the molecule is CC(NCC1(CCO)CCOC1)C12CC3CC(CC(C3)C1)C2. The van der Waals surface area contributed by atoms with E-state index in [0.29, 0.717) is 11.5 Å². The minimum Gasteiger partial charge on any atom is -0.396 e. The third kappa shape index (κ3) is 2.63. The molecule has 4 aliphatic carbocycles. The van der Waals surface area contributed by atoms with Crippen LogP contribution in [0, 0.1) is 28.6 Å². The summed E-state index contributed by atoms with van der Waals surface area (Å²) in [5.41, 5.74) is 0.764. The number of aliphatic hydroxyl groups excluding tert-OH is 1. The van der Waals surface area contributed by atoms with Crippen molar-refractivity contribution in [2.75, 3.05) is 26.4 Å². The van der Waals surface area contributed by atoms with E-state index < -0.39 is 0 Å². The number of ether oxygens (including phenoxy) is 1. The Bertz CT molecular complexity index is 367. The normalized spacial score (nSPS) is 48.0. The maximum atomic E-state index is 9.40. The Kier molecular flexibility index (Phi) is 4.03. The minimum atomic E-state index is 0.186. The molecule has 0 aromatic carbocycles. The Morgan fingerprint density at radius 1 is 1.14 bits per heavy atom. The first-order chi connectivity index (χ1) is 10.6. The van der Waals surface area contributed by atoms with E-state index in [1.165, 1.54) is 38.5 Å². The van der Waals surface area contributed by atoms with Gasteiger partial charge in [-0.1, -0.05) is 0 Å². The third-order valence-electron chi connectivity index (χ3n) is 7.61. The average molecular weight is 307 g/mol. The number of aliphatic hydroxyl groups is 1. The van der Waals surface area contributed by atoms with Crippen LogP contribution in [0.5, 0.6) is 0 Å². The summed E-state index contributed by atoms with van der Waals surface area (Å²) in [6.45, 7) is 5.45. The fourth-order valence-corrected chi connectivity index (χ4v) is 6.61. The molecule has 0 amide bonds. The lowest BCUT2D eigenvalue weighted by atomic mass is 9.48. The lowest BCUT2D eigenvalue weighted by Gasteiger charge is -2.59. The van der Waals surface area contributed by atoms with Crippen LogP contribution in [0.1, 0.15) is 58.3 Å². The Morgan fingerprint density at radius 2 is 1.77 bits per heavy atom. The summed E-state index contributed by atoms with van der Waals surface area (Å²) in [5, 5.41) is 13.3. The molecule has 3 nitrogen and oxygen atoms in total. The molecule has 126 valence electrons. The zero-order valence-corrected chi connectivity index (χ0v) is 14.2. The van der Waals surface area contributed by atoms with Gasteiger partial charge in [-0.05, 0) is 81.5 Å². The first kappa shape index (κ1) is 15.4. The Morgan fingerprint density at radius 3 is 2.27 bits per heavy atom. The van der Waals surface area contributed by atoms with Gasteiger partial charge >= 0.3 is 0 Å². The van der Waals surface area contributed by atoms with E-state index in [4.69, 9.17) is 4.74 Å². The van der Waals surface area contributed by atoms with Crippen molar-refractivity contribution in [1.29, 1.82) is 0 Å². The molecule has 0 aromatic heterocycles. The fraction of sp³-hybridized carbons (Fsp3) is 1.00. The molecule has 0 radical (unpaired) electrons. The average Bonchev–Trinajstić information content (AvgIpc) is 2.93. The fourth-order valence-electron chi connectivity index (χ4n) is 6.61. The highest BCUT2D eigenvalue weighted by atomic mass is 16.5. The molecule has 5 rings (SSSR count). The van der Waals surface area contributed by atoms with Gasteiger partial charge in [0.15, 0.2) is 0 Å². The minimum absolute atomic E-state index is 0.186. The molecular formula is C19H33NO2. The van der Waals surface area contributed by atoms with Crippen LogP contribution in [0.15, 0.2) is 0 Å². The molecule has 5 fully saturated rings. The quantitative estimate of drug-likeness (QED) is 0.793. The number of hydrogen-bond acceptors (Lipinski definition) is 3. The Balaban J connectivity index is 1.40. The number of nitrogens with one attached hydrogen (secondary N) is 1. The standard InChI is InChI=1S/C19H33NO2/c1-14(20-12-18(2-4-21)3-5-22-13-18)19-9-15-6-16(10-19)8-17(7-15)11-19/h14-17,20-21H,2-13H2,1H3. The highest BCUT2D eigenvalue weighted by Gasteiger charge is 2.53. The lowest BCUT2D eigenvalue weighted by Crippen LogP contribution is -2.56. The van der Waals surface area contributed by atoms with Crippen LogP contribution in [-0.4, -0.2) is 37.5 Å². The molecule has 5 aliphatic rings. The summed E-state index contributed by atoms with van der Waals surface area (Å²) in [6.07, 6.45) is 11.0. The predicted octanol–water partition coefficient (Wildman–Crippen LogP) is 2.97. The van der Waals surface area contributed by atoms with Gasteiger partial charge in [-0.3, -0.25) is 0 Å². The molecular weight excluding hydrogens is 274 g/mol. The van der Waals surface area contributed by atoms with Gasteiger partial charge in [0, 0.05) is 31.2 Å². The summed E-state index contributed by atoms with van der Waals surface area (Å²) in [4.78, 5) is 0. The van der Waals surface area contributed by atoms with Crippen molar-refractivity contribution in [2.24, 2.45) is 28.6 Å². The summed E-state index contributed by atoms with van der Waals surface area (Å²) in [7, 11) is 0. The molecule has 3 heteroatoms. The molecule has 4 bridgehead atoms. The molecule has 0 spiro atoms. The van der Waals surface area contributed by atoms with E-state index in [9.17, 15) is 5.11 Å². The second-order valence-electron chi connectivity index (χ2n) is 9.16. The third-order valence-corrected chi connectivity index (χ3v) is 7.61. The van der Waals surface area contributed by atoms with Crippen LogP contribution >= 0.6 is 0 Å². The number of rotatable bonds is 6. The van der Waals surface area contributed by atoms with Crippen molar-refractivity contribution >= 4 is 0 Å². The van der Waals surface area contributed by atoms with Gasteiger partial charge in [0.25, 0.3) is 0 Å². The van der Waals surface area contributed by atoms with Gasteiger partial charge in [-0.25, -0.2) is 0 Å². The van der Waals surface area contributed by atoms with Gasteiger partial charge in [-0.15, -0.1) is 0 Å². The summed E-state index contributed by atoms with van der Waals surface area (Å²) >= 11 is 0. The van der Waals surface area contributed by atoms with Crippen LogP contribution in [0.4, 0.5) is 0 Å².